The van der Waals surface area contributed by atoms with Crippen LogP contribution in [0.3, 0.4) is 0 Å². The van der Waals surface area contributed by atoms with Gasteiger partial charge in [-0.3, -0.25) is 9.59 Å². The van der Waals surface area contributed by atoms with E-state index in [4.69, 9.17) is 9.15 Å². The molecule has 3 aromatic heterocycles. The first-order chi connectivity index (χ1) is 13.7. The van der Waals surface area contributed by atoms with E-state index in [1.54, 1.807) is 35.6 Å². The van der Waals surface area contributed by atoms with Crippen LogP contribution in [0, 0.1) is 0 Å². The SMILES string of the molecule is O=C(Nc1ccc(C(=O)N(Cc2cccs2)CC2CCCO2)s1)c1ccco1. The number of hydrogen-bond acceptors (Lipinski definition) is 6. The number of carbonyl (C=O) groups is 2. The number of carbonyl (C=O) groups excluding carboxylic acids is 2. The number of nitrogens with one attached hydrogen (secondary N) is 1. The minimum Gasteiger partial charge on any atom is -0.459 e. The normalized spacial score (nSPS) is 16.2. The summed E-state index contributed by atoms with van der Waals surface area (Å²) in [6, 6.07) is 10.8. The van der Waals surface area contributed by atoms with E-state index in [1.165, 1.54) is 17.6 Å². The van der Waals surface area contributed by atoms with Gasteiger partial charge in [0.2, 0.25) is 0 Å². The van der Waals surface area contributed by atoms with Crippen LogP contribution in [-0.2, 0) is 11.3 Å². The van der Waals surface area contributed by atoms with E-state index in [9.17, 15) is 9.59 Å². The van der Waals surface area contributed by atoms with E-state index in [0.717, 1.165) is 24.3 Å². The zero-order valence-electron chi connectivity index (χ0n) is 15.1. The van der Waals surface area contributed by atoms with E-state index < -0.39 is 0 Å². The number of ether oxygens (including phenoxy) is 1. The van der Waals surface area contributed by atoms with E-state index in [0.29, 0.717) is 23.0 Å². The number of hydrogen-bond donors (Lipinski definition) is 1. The van der Waals surface area contributed by atoms with Crippen LogP contribution >= 0.6 is 22.7 Å². The maximum atomic E-state index is 13.1. The van der Waals surface area contributed by atoms with Crippen LogP contribution in [-0.4, -0.2) is 36.0 Å². The van der Waals surface area contributed by atoms with Crippen LogP contribution in [0.5, 0.6) is 0 Å². The van der Waals surface area contributed by atoms with Crippen molar-refractivity contribution >= 4 is 39.5 Å². The standard InChI is InChI=1S/C20H20N2O4S2/c23-19(16-6-2-10-26-16)21-18-8-7-17(28-18)20(24)22(12-14-4-1-9-25-14)13-15-5-3-11-27-15/h2-3,5-8,10-11,14H,1,4,9,12-13H2,(H,21,23). The van der Waals surface area contributed by atoms with E-state index in [2.05, 4.69) is 5.32 Å². The number of rotatable bonds is 7. The zero-order valence-corrected chi connectivity index (χ0v) is 16.8. The summed E-state index contributed by atoms with van der Waals surface area (Å²) in [5.41, 5.74) is 0. The summed E-state index contributed by atoms with van der Waals surface area (Å²) in [6.07, 6.45) is 3.55. The van der Waals surface area contributed by atoms with Gasteiger partial charge >= 0.3 is 0 Å². The van der Waals surface area contributed by atoms with Crippen LogP contribution in [0.1, 0.15) is 37.9 Å². The van der Waals surface area contributed by atoms with Gasteiger partial charge in [-0.2, -0.15) is 0 Å². The zero-order chi connectivity index (χ0) is 19.3. The molecule has 0 radical (unpaired) electrons. The van der Waals surface area contributed by atoms with Crippen molar-refractivity contribution in [2.75, 3.05) is 18.5 Å². The molecule has 4 heterocycles. The Hall–Kier alpha value is -2.42. The molecule has 1 unspecified atom stereocenters. The number of thiophene rings is 2. The molecule has 1 aliphatic heterocycles. The van der Waals surface area contributed by atoms with Crippen LogP contribution in [0.25, 0.3) is 0 Å². The van der Waals surface area contributed by atoms with Crippen LogP contribution in [0.2, 0.25) is 0 Å². The van der Waals surface area contributed by atoms with Gasteiger partial charge in [0.25, 0.3) is 11.8 Å². The van der Waals surface area contributed by atoms with Gasteiger partial charge < -0.3 is 19.4 Å². The second kappa shape index (κ2) is 8.72. The van der Waals surface area contributed by atoms with Crippen molar-refractivity contribution in [1.29, 1.82) is 0 Å². The summed E-state index contributed by atoms with van der Waals surface area (Å²) in [4.78, 5) is 28.8. The van der Waals surface area contributed by atoms with Gasteiger partial charge in [-0.15, -0.1) is 22.7 Å². The van der Waals surface area contributed by atoms with E-state index in [1.807, 2.05) is 22.4 Å². The Morgan fingerprint density at radius 1 is 1.21 bits per heavy atom. The van der Waals surface area contributed by atoms with Crippen molar-refractivity contribution in [1.82, 2.24) is 4.90 Å². The Labute approximate surface area is 170 Å². The summed E-state index contributed by atoms with van der Waals surface area (Å²) in [5, 5.41) is 5.39. The molecule has 8 heteroatoms. The average Bonchev–Trinajstić information content (AvgIpc) is 3.49. The Morgan fingerprint density at radius 2 is 2.14 bits per heavy atom. The summed E-state index contributed by atoms with van der Waals surface area (Å²) in [5.74, 6) is -0.146. The fourth-order valence-electron chi connectivity index (χ4n) is 3.10. The van der Waals surface area contributed by atoms with Crippen molar-refractivity contribution in [2.24, 2.45) is 0 Å². The summed E-state index contributed by atoms with van der Waals surface area (Å²) in [6.45, 7) is 1.89. The number of furan rings is 1. The van der Waals surface area contributed by atoms with Crippen molar-refractivity contribution in [3.05, 3.63) is 63.6 Å². The van der Waals surface area contributed by atoms with Gasteiger partial charge in [0.05, 0.1) is 28.8 Å². The molecule has 4 rings (SSSR count). The first-order valence-electron chi connectivity index (χ1n) is 9.07. The second-order valence-electron chi connectivity index (χ2n) is 6.50. The lowest BCUT2D eigenvalue weighted by atomic mass is 10.2. The Kier molecular flexibility index (Phi) is 5.90. The molecule has 6 nitrogen and oxygen atoms in total. The minimum atomic E-state index is -0.333. The summed E-state index contributed by atoms with van der Waals surface area (Å²) >= 11 is 2.90. The Bertz CT molecular complexity index is 912. The highest BCUT2D eigenvalue weighted by molar-refractivity contribution is 7.18. The monoisotopic (exact) mass is 416 g/mol. The predicted octanol–water partition coefficient (Wildman–Crippen LogP) is 4.48. The first-order valence-corrected chi connectivity index (χ1v) is 10.8. The molecule has 0 saturated carbocycles. The fraction of sp³-hybridized carbons (Fsp3) is 0.300. The number of amides is 2. The Morgan fingerprint density at radius 3 is 2.86 bits per heavy atom. The lowest BCUT2D eigenvalue weighted by Gasteiger charge is -2.24. The van der Waals surface area contributed by atoms with Crippen LogP contribution in [0.4, 0.5) is 5.00 Å². The smallest absolute Gasteiger partial charge is 0.291 e. The lowest BCUT2D eigenvalue weighted by Crippen LogP contribution is -2.36. The third kappa shape index (κ3) is 4.52. The molecule has 1 atom stereocenters. The number of anilines is 1. The van der Waals surface area contributed by atoms with Gasteiger partial charge in [-0.1, -0.05) is 6.07 Å². The van der Waals surface area contributed by atoms with Gasteiger partial charge in [-0.25, -0.2) is 0 Å². The second-order valence-corrected chi connectivity index (χ2v) is 8.61. The molecule has 28 heavy (non-hydrogen) atoms. The van der Waals surface area contributed by atoms with E-state index >= 15 is 0 Å². The molecule has 0 aromatic carbocycles. The molecular formula is C20H20N2O4S2. The van der Waals surface area contributed by atoms with Gasteiger partial charge in [-0.05, 0) is 48.6 Å². The van der Waals surface area contributed by atoms with Crippen molar-refractivity contribution in [2.45, 2.75) is 25.5 Å². The molecule has 1 fully saturated rings. The summed E-state index contributed by atoms with van der Waals surface area (Å²) < 4.78 is 10.8. The fourth-order valence-corrected chi connectivity index (χ4v) is 4.69. The highest BCUT2D eigenvalue weighted by atomic mass is 32.1. The predicted molar refractivity (Wildman–Crippen MR) is 109 cm³/mol. The van der Waals surface area contributed by atoms with Crippen molar-refractivity contribution < 1.29 is 18.7 Å². The molecule has 0 aliphatic carbocycles. The topological polar surface area (TPSA) is 71.8 Å². The Balaban J connectivity index is 1.46. The van der Waals surface area contributed by atoms with E-state index in [-0.39, 0.29) is 23.7 Å². The largest absolute Gasteiger partial charge is 0.459 e. The maximum Gasteiger partial charge on any atom is 0.291 e. The van der Waals surface area contributed by atoms with Crippen molar-refractivity contribution in [3.63, 3.8) is 0 Å². The molecular weight excluding hydrogens is 396 g/mol. The highest BCUT2D eigenvalue weighted by Gasteiger charge is 2.25. The summed E-state index contributed by atoms with van der Waals surface area (Å²) in [7, 11) is 0. The highest BCUT2D eigenvalue weighted by Crippen LogP contribution is 2.26. The molecule has 1 aliphatic rings. The first kappa shape index (κ1) is 18.9. The third-order valence-corrected chi connectivity index (χ3v) is 6.31. The molecule has 2 amide bonds. The van der Waals surface area contributed by atoms with Gasteiger partial charge in [0.1, 0.15) is 0 Å². The van der Waals surface area contributed by atoms with Gasteiger partial charge in [0.15, 0.2) is 5.76 Å². The van der Waals surface area contributed by atoms with Gasteiger partial charge in [0, 0.05) is 18.0 Å². The quantitative estimate of drug-likeness (QED) is 0.617. The molecule has 146 valence electrons. The average molecular weight is 417 g/mol. The number of nitrogens with zero attached hydrogens (tertiary/aromatic N) is 1. The lowest BCUT2D eigenvalue weighted by molar-refractivity contribution is 0.0513. The molecule has 3 aromatic rings. The van der Waals surface area contributed by atoms with Crippen LogP contribution < -0.4 is 5.32 Å². The molecule has 0 bridgehead atoms. The minimum absolute atomic E-state index is 0.0487. The maximum absolute atomic E-state index is 13.1. The molecule has 1 saturated heterocycles. The molecule has 0 spiro atoms. The van der Waals surface area contributed by atoms with Crippen molar-refractivity contribution in [3.8, 4) is 0 Å². The van der Waals surface area contributed by atoms with Crippen LogP contribution in [0.15, 0.2) is 52.5 Å². The molecule has 1 N–H and O–H groups in total. The third-order valence-electron chi connectivity index (χ3n) is 4.46.